The molecular weight excluding hydrogens is 354 g/mol. The van der Waals surface area contributed by atoms with Crippen LogP contribution in [-0.4, -0.2) is 49.6 Å². The number of hydrogen-bond acceptors (Lipinski definition) is 4. The van der Waals surface area contributed by atoms with Crippen molar-refractivity contribution >= 4 is 23.2 Å². The van der Waals surface area contributed by atoms with Gasteiger partial charge in [0.1, 0.15) is 0 Å². The average molecular weight is 381 g/mol. The maximum Gasteiger partial charge on any atom is 0.226 e. The van der Waals surface area contributed by atoms with Gasteiger partial charge in [0.15, 0.2) is 0 Å². The smallest absolute Gasteiger partial charge is 0.226 e. The molecule has 2 amide bonds. The fourth-order valence-electron chi connectivity index (χ4n) is 3.26. The number of nitrogens with one attached hydrogen (secondary N) is 1. The molecule has 0 spiro atoms. The number of rotatable bonds is 7. The molecule has 1 saturated heterocycles. The minimum absolute atomic E-state index is 0.0367. The van der Waals surface area contributed by atoms with Crippen molar-refractivity contribution in [2.45, 2.75) is 19.9 Å². The molecule has 0 aromatic heterocycles. The normalized spacial score (nSPS) is 13.8. The van der Waals surface area contributed by atoms with Crippen LogP contribution in [-0.2, 0) is 20.9 Å². The second kappa shape index (κ2) is 9.90. The maximum absolute atomic E-state index is 12.5. The van der Waals surface area contributed by atoms with Crippen molar-refractivity contribution < 1.29 is 14.3 Å². The van der Waals surface area contributed by atoms with Crippen molar-refractivity contribution in [1.82, 2.24) is 4.90 Å². The fraction of sp³-hybridized carbons (Fsp3) is 0.364. The molecule has 0 bridgehead atoms. The van der Waals surface area contributed by atoms with Gasteiger partial charge in [-0.05, 0) is 17.7 Å². The molecule has 1 aliphatic heterocycles. The number of benzene rings is 2. The van der Waals surface area contributed by atoms with Crippen molar-refractivity contribution in [1.29, 1.82) is 0 Å². The Kier molecular flexibility index (Phi) is 7.03. The zero-order chi connectivity index (χ0) is 19.8. The van der Waals surface area contributed by atoms with Gasteiger partial charge in [0.05, 0.1) is 24.6 Å². The van der Waals surface area contributed by atoms with E-state index >= 15 is 0 Å². The van der Waals surface area contributed by atoms with Crippen molar-refractivity contribution in [2.75, 3.05) is 43.1 Å². The molecule has 28 heavy (non-hydrogen) atoms. The van der Waals surface area contributed by atoms with E-state index in [1.807, 2.05) is 54.6 Å². The molecule has 1 fully saturated rings. The molecule has 6 heteroatoms. The van der Waals surface area contributed by atoms with Gasteiger partial charge in [0.2, 0.25) is 11.8 Å². The summed E-state index contributed by atoms with van der Waals surface area (Å²) in [6.07, 6.45) is 0.254. The molecule has 0 radical (unpaired) electrons. The van der Waals surface area contributed by atoms with E-state index in [1.54, 1.807) is 4.90 Å². The minimum atomic E-state index is -0.0972. The van der Waals surface area contributed by atoms with Crippen LogP contribution < -0.4 is 10.2 Å². The van der Waals surface area contributed by atoms with Crippen molar-refractivity contribution in [3.8, 4) is 0 Å². The summed E-state index contributed by atoms with van der Waals surface area (Å²) in [5.41, 5.74) is 2.86. The molecule has 3 rings (SSSR count). The molecule has 2 aromatic carbocycles. The average Bonchev–Trinajstić information content (AvgIpc) is 2.72. The first-order valence-corrected chi connectivity index (χ1v) is 9.64. The number of morpholine rings is 1. The Morgan fingerprint density at radius 3 is 2.43 bits per heavy atom. The zero-order valence-electron chi connectivity index (χ0n) is 16.3. The summed E-state index contributed by atoms with van der Waals surface area (Å²) in [4.78, 5) is 28.4. The fourth-order valence-corrected chi connectivity index (χ4v) is 3.26. The van der Waals surface area contributed by atoms with Gasteiger partial charge in [0, 0.05) is 39.5 Å². The van der Waals surface area contributed by atoms with Crippen molar-refractivity contribution in [3.63, 3.8) is 0 Å². The topological polar surface area (TPSA) is 61.9 Å². The summed E-state index contributed by atoms with van der Waals surface area (Å²) < 4.78 is 5.41. The van der Waals surface area contributed by atoms with Crippen molar-refractivity contribution in [3.05, 3.63) is 60.2 Å². The highest BCUT2D eigenvalue weighted by Gasteiger charge is 2.17. The highest BCUT2D eigenvalue weighted by Crippen LogP contribution is 2.26. The van der Waals surface area contributed by atoms with E-state index in [1.165, 1.54) is 6.92 Å². The number of anilines is 2. The Bertz CT molecular complexity index is 789. The number of nitrogens with zero attached hydrogens (tertiary/aromatic N) is 2. The van der Waals surface area contributed by atoms with E-state index in [0.29, 0.717) is 26.3 Å². The van der Waals surface area contributed by atoms with Gasteiger partial charge in [-0.1, -0.05) is 42.5 Å². The number of hydrogen-bond donors (Lipinski definition) is 1. The number of amides is 2. The monoisotopic (exact) mass is 381 g/mol. The standard InChI is InChI=1S/C22H27N3O3/c1-18(26)25(17-19-7-3-2-4-8-19)12-11-22(27)23-20-9-5-6-10-21(20)24-13-15-28-16-14-24/h2-10H,11-17H2,1H3,(H,23,27). The van der Waals surface area contributed by atoms with E-state index in [2.05, 4.69) is 10.2 Å². The molecule has 1 N–H and O–H groups in total. The van der Waals surface area contributed by atoms with Gasteiger partial charge in [-0.15, -0.1) is 0 Å². The van der Waals surface area contributed by atoms with E-state index < -0.39 is 0 Å². The summed E-state index contributed by atoms with van der Waals surface area (Å²) in [6.45, 7) is 5.42. The summed E-state index contributed by atoms with van der Waals surface area (Å²) in [5.74, 6) is -0.134. The van der Waals surface area contributed by atoms with Gasteiger partial charge < -0.3 is 19.9 Å². The molecule has 0 saturated carbocycles. The third kappa shape index (κ3) is 5.57. The first-order valence-electron chi connectivity index (χ1n) is 9.64. The predicted molar refractivity (Wildman–Crippen MR) is 110 cm³/mol. The van der Waals surface area contributed by atoms with Crippen LogP contribution in [0.2, 0.25) is 0 Å². The maximum atomic E-state index is 12.5. The van der Waals surface area contributed by atoms with Crippen LogP contribution in [0.4, 0.5) is 11.4 Å². The molecule has 0 aliphatic carbocycles. The molecular formula is C22H27N3O3. The van der Waals surface area contributed by atoms with E-state index in [4.69, 9.17) is 4.74 Å². The lowest BCUT2D eigenvalue weighted by Gasteiger charge is -2.30. The number of carbonyl (C=O) groups is 2. The Hall–Kier alpha value is -2.86. The van der Waals surface area contributed by atoms with Crippen LogP contribution in [0, 0.1) is 0 Å². The molecule has 1 heterocycles. The largest absolute Gasteiger partial charge is 0.378 e. The molecule has 6 nitrogen and oxygen atoms in total. The van der Waals surface area contributed by atoms with Crippen LogP contribution in [0.5, 0.6) is 0 Å². The first-order chi connectivity index (χ1) is 13.6. The van der Waals surface area contributed by atoms with Crippen LogP contribution in [0.3, 0.4) is 0 Å². The van der Waals surface area contributed by atoms with Crippen LogP contribution in [0.15, 0.2) is 54.6 Å². The van der Waals surface area contributed by atoms with E-state index in [9.17, 15) is 9.59 Å². The van der Waals surface area contributed by atoms with Crippen LogP contribution >= 0.6 is 0 Å². The second-order valence-electron chi connectivity index (χ2n) is 6.84. The van der Waals surface area contributed by atoms with Crippen LogP contribution in [0.1, 0.15) is 18.9 Å². The van der Waals surface area contributed by atoms with Crippen molar-refractivity contribution in [2.24, 2.45) is 0 Å². The lowest BCUT2D eigenvalue weighted by atomic mass is 10.2. The summed E-state index contributed by atoms with van der Waals surface area (Å²) in [6, 6.07) is 17.6. The summed E-state index contributed by atoms with van der Waals surface area (Å²) >= 11 is 0. The highest BCUT2D eigenvalue weighted by molar-refractivity contribution is 5.94. The molecule has 0 atom stereocenters. The second-order valence-corrected chi connectivity index (χ2v) is 6.84. The quantitative estimate of drug-likeness (QED) is 0.801. The third-order valence-electron chi connectivity index (χ3n) is 4.80. The van der Waals surface area contributed by atoms with Crippen LogP contribution in [0.25, 0.3) is 0 Å². The Balaban J connectivity index is 1.58. The Labute approximate surface area is 166 Å². The lowest BCUT2D eigenvalue weighted by Crippen LogP contribution is -2.37. The Morgan fingerprint density at radius 1 is 1.04 bits per heavy atom. The first kappa shape index (κ1) is 19.9. The highest BCUT2D eigenvalue weighted by atomic mass is 16.5. The number of ether oxygens (including phenoxy) is 1. The Morgan fingerprint density at radius 2 is 1.71 bits per heavy atom. The van der Waals surface area contributed by atoms with E-state index in [-0.39, 0.29) is 18.2 Å². The van der Waals surface area contributed by atoms with Gasteiger partial charge in [0.25, 0.3) is 0 Å². The van der Waals surface area contributed by atoms with Gasteiger partial charge in [-0.25, -0.2) is 0 Å². The SMILES string of the molecule is CC(=O)N(CCC(=O)Nc1ccccc1N1CCOCC1)Cc1ccccc1. The number of carbonyl (C=O) groups excluding carboxylic acids is 2. The van der Waals surface area contributed by atoms with Gasteiger partial charge in [-0.3, -0.25) is 9.59 Å². The lowest BCUT2D eigenvalue weighted by molar-refractivity contribution is -0.129. The molecule has 2 aromatic rings. The molecule has 0 unspecified atom stereocenters. The van der Waals surface area contributed by atoms with E-state index in [0.717, 1.165) is 30.0 Å². The summed E-state index contributed by atoms with van der Waals surface area (Å²) in [5, 5.41) is 3.01. The number of para-hydroxylation sites is 2. The summed E-state index contributed by atoms with van der Waals surface area (Å²) in [7, 11) is 0. The minimum Gasteiger partial charge on any atom is -0.378 e. The predicted octanol–water partition coefficient (Wildman–Crippen LogP) is 2.90. The molecule has 148 valence electrons. The molecule has 1 aliphatic rings. The zero-order valence-corrected chi connectivity index (χ0v) is 16.3. The van der Waals surface area contributed by atoms with Gasteiger partial charge >= 0.3 is 0 Å². The van der Waals surface area contributed by atoms with Gasteiger partial charge in [-0.2, -0.15) is 0 Å². The third-order valence-corrected chi connectivity index (χ3v) is 4.80.